The molecule has 0 aromatic heterocycles. The molecule has 114 valence electrons. The first-order valence-corrected chi connectivity index (χ1v) is 8.71. The van der Waals surface area contributed by atoms with Gasteiger partial charge in [-0.05, 0) is 32.7 Å². The van der Waals surface area contributed by atoms with Crippen molar-refractivity contribution in [3.63, 3.8) is 0 Å². The van der Waals surface area contributed by atoms with Crippen LogP contribution in [-0.4, -0.2) is 22.5 Å². The van der Waals surface area contributed by atoms with Crippen LogP contribution in [0.1, 0.15) is 32.3 Å². The van der Waals surface area contributed by atoms with Crippen molar-refractivity contribution in [3.05, 3.63) is 35.1 Å². The monoisotopic (exact) mass is 306 g/mol. The van der Waals surface area contributed by atoms with Crippen molar-refractivity contribution >= 4 is 9.28 Å². The molecule has 0 radical (unpaired) electrons. The quantitative estimate of drug-likeness (QED) is 0.511. The van der Waals surface area contributed by atoms with Gasteiger partial charge >= 0.3 is 9.28 Å². The van der Waals surface area contributed by atoms with Crippen molar-refractivity contribution in [2.24, 2.45) is 0 Å². The SMILES string of the molecule is CCO[SiH](CCCCc1c(F)cc(F)cc1F)OCC. The Hall–Kier alpha value is -0.853. The topological polar surface area (TPSA) is 18.5 Å². The summed E-state index contributed by atoms with van der Waals surface area (Å²) in [5.41, 5.74) is -0.0440. The Labute approximate surface area is 119 Å². The van der Waals surface area contributed by atoms with Gasteiger partial charge in [0.05, 0.1) is 0 Å². The van der Waals surface area contributed by atoms with Gasteiger partial charge in [0, 0.05) is 30.9 Å². The summed E-state index contributed by atoms with van der Waals surface area (Å²) in [4.78, 5) is 0. The molecule has 0 aliphatic rings. The summed E-state index contributed by atoms with van der Waals surface area (Å²) in [5.74, 6) is -2.51. The smallest absolute Gasteiger partial charge is 0.321 e. The predicted molar refractivity (Wildman–Crippen MR) is 74.5 cm³/mol. The highest BCUT2D eigenvalue weighted by atomic mass is 28.3. The molecule has 0 heterocycles. The first-order valence-electron chi connectivity index (χ1n) is 6.95. The number of rotatable bonds is 9. The molecule has 1 aromatic rings. The molecule has 2 nitrogen and oxygen atoms in total. The maximum absolute atomic E-state index is 13.4. The molecule has 0 spiro atoms. The highest BCUT2D eigenvalue weighted by Crippen LogP contribution is 2.18. The first-order chi connectivity index (χ1) is 9.58. The van der Waals surface area contributed by atoms with E-state index in [1.54, 1.807) is 0 Å². The molecule has 0 amide bonds. The third-order valence-corrected chi connectivity index (χ3v) is 5.22. The van der Waals surface area contributed by atoms with Crippen LogP contribution in [0.2, 0.25) is 6.04 Å². The second-order valence-electron chi connectivity index (χ2n) is 4.43. The predicted octanol–water partition coefficient (Wildman–Crippen LogP) is 3.72. The fourth-order valence-electron chi connectivity index (χ4n) is 2.01. The third kappa shape index (κ3) is 5.64. The highest BCUT2D eigenvalue weighted by molar-refractivity contribution is 6.44. The Morgan fingerprint density at radius 1 is 0.950 bits per heavy atom. The molecule has 0 saturated heterocycles. The lowest BCUT2D eigenvalue weighted by atomic mass is 10.1. The fourth-order valence-corrected chi connectivity index (χ4v) is 3.81. The van der Waals surface area contributed by atoms with Crippen LogP contribution in [-0.2, 0) is 15.3 Å². The van der Waals surface area contributed by atoms with Gasteiger partial charge in [-0.25, -0.2) is 13.2 Å². The minimum Gasteiger partial charge on any atom is -0.397 e. The minimum absolute atomic E-state index is 0.0440. The molecule has 0 aliphatic carbocycles. The molecule has 0 atom stereocenters. The van der Waals surface area contributed by atoms with E-state index in [0.717, 1.165) is 24.6 Å². The Morgan fingerprint density at radius 2 is 1.50 bits per heavy atom. The van der Waals surface area contributed by atoms with E-state index in [1.807, 2.05) is 13.8 Å². The number of hydrogen-bond donors (Lipinski definition) is 0. The van der Waals surface area contributed by atoms with Gasteiger partial charge in [0.15, 0.2) is 0 Å². The Kier molecular flexibility index (Phi) is 7.87. The second-order valence-corrected chi connectivity index (χ2v) is 6.54. The lowest BCUT2D eigenvalue weighted by Gasteiger charge is -2.14. The van der Waals surface area contributed by atoms with Gasteiger partial charge in [-0.3, -0.25) is 0 Å². The van der Waals surface area contributed by atoms with Crippen molar-refractivity contribution in [1.82, 2.24) is 0 Å². The van der Waals surface area contributed by atoms with E-state index in [0.29, 0.717) is 19.6 Å². The minimum atomic E-state index is -1.64. The molecule has 1 aromatic carbocycles. The average Bonchev–Trinajstić information content (AvgIpc) is 2.37. The summed E-state index contributed by atoms with van der Waals surface area (Å²) in [6, 6.07) is 2.25. The van der Waals surface area contributed by atoms with Crippen molar-refractivity contribution in [2.45, 2.75) is 39.2 Å². The van der Waals surface area contributed by atoms with Gasteiger partial charge < -0.3 is 8.85 Å². The summed E-state index contributed by atoms with van der Waals surface area (Å²) in [5, 5.41) is 0. The van der Waals surface area contributed by atoms with Gasteiger partial charge in [-0.2, -0.15) is 0 Å². The van der Waals surface area contributed by atoms with Gasteiger partial charge in [0.2, 0.25) is 0 Å². The number of unbranched alkanes of at least 4 members (excludes halogenated alkanes) is 1. The van der Waals surface area contributed by atoms with Crippen molar-refractivity contribution in [3.8, 4) is 0 Å². The van der Waals surface area contributed by atoms with Crippen molar-refractivity contribution < 1.29 is 22.0 Å². The summed E-state index contributed by atoms with van der Waals surface area (Å²) >= 11 is 0. The molecule has 0 N–H and O–H groups in total. The molecule has 0 fully saturated rings. The molecule has 0 bridgehead atoms. The fraction of sp³-hybridized carbons (Fsp3) is 0.571. The van der Waals surface area contributed by atoms with Crippen LogP contribution in [0.3, 0.4) is 0 Å². The Bertz CT molecular complexity index is 386. The normalized spacial score (nSPS) is 11.3. The summed E-state index contributed by atoms with van der Waals surface area (Å²) < 4.78 is 50.6. The van der Waals surface area contributed by atoms with Gasteiger partial charge in [-0.15, -0.1) is 0 Å². The van der Waals surface area contributed by atoms with E-state index in [-0.39, 0.29) is 12.0 Å². The third-order valence-electron chi connectivity index (χ3n) is 2.93. The van der Waals surface area contributed by atoms with Crippen molar-refractivity contribution in [1.29, 1.82) is 0 Å². The zero-order valence-corrected chi connectivity index (χ0v) is 13.1. The van der Waals surface area contributed by atoms with Crippen LogP contribution in [0.25, 0.3) is 0 Å². The molecule has 20 heavy (non-hydrogen) atoms. The van der Waals surface area contributed by atoms with Crippen LogP contribution in [0.4, 0.5) is 13.2 Å². The van der Waals surface area contributed by atoms with E-state index in [9.17, 15) is 13.2 Å². The van der Waals surface area contributed by atoms with E-state index in [1.165, 1.54) is 0 Å². The largest absolute Gasteiger partial charge is 0.397 e. The summed E-state index contributed by atoms with van der Waals surface area (Å²) in [6.45, 7) is 5.08. The van der Waals surface area contributed by atoms with E-state index < -0.39 is 26.7 Å². The maximum Gasteiger partial charge on any atom is 0.321 e. The van der Waals surface area contributed by atoms with E-state index in [2.05, 4.69) is 0 Å². The zero-order valence-electron chi connectivity index (χ0n) is 11.9. The first kappa shape index (κ1) is 17.2. The molecular formula is C14H21F3O2Si. The standard InChI is InChI=1S/C14H21F3O2Si/c1-3-18-20(19-4-2)8-6-5-7-12-13(16)9-11(15)10-14(12)17/h9-10,20H,3-8H2,1-2H3. The number of halogens is 3. The molecule has 6 heteroatoms. The Balaban J connectivity index is 2.40. The van der Waals surface area contributed by atoms with Crippen LogP contribution >= 0.6 is 0 Å². The van der Waals surface area contributed by atoms with Crippen LogP contribution in [0, 0.1) is 17.5 Å². The molecular weight excluding hydrogens is 285 g/mol. The van der Waals surface area contributed by atoms with Crippen LogP contribution in [0.5, 0.6) is 0 Å². The number of hydrogen-bond acceptors (Lipinski definition) is 2. The van der Waals surface area contributed by atoms with Crippen LogP contribution in [0.15, 0.2) is 12.1 Å². The van der Waals surface area contributed by atoms with Gasteiger partial charge in [0.25, 0.3) is 0 Å². The lowest BCUT2D eigenvalue weighted by Crippen LogP contribution is -2.22. The van der Waals surface area contributed by atoms with E-state index >= 15 is 0 Å². The van der Waals surface area contributed by atoms with E-state index in [4.69, 9.17) is 8.85 Å². The van der Waals surface area contributed by atoms with Gasteiger partial charge in [-0.1, -0.05) is 6.42 Å². The second kappa shape index (κ2) is 9.15. The molecule has 0 aliphatic heterocycles. The van der Waals surface area contributed by atoms with Crippen molar-refractivity contribution in [2.75, 3.05) is 13.2 Å². The lowest BCUT2D eigenvalue weighted by molar-refractivity contribution is 0.212. The average molecular weight is 306 g/mol. The summed E-state index contributed by atoms with van der Waals surface area (Å²) in [6.07, 6.45) is 1.67. The molecule has 1 rings (SSSR count). The molecule has 0 saturated carbocycles. The highest BCUT2D eigenvalue weighted by Gasteiger charge is 2.14. The van der Waals surface area contributed by atoms with Crippen LogP contribution < -0.4 is 0 Å². The summed E-state index contributed by atoms with van der Waals surface area (Å²) in [7, 11) is -1.64. The zero-order chi connectivity index (χ0) is 15.0. The number of benzene rings is 1. The Morgan fingerprint density at radius 3 is 2.00 bits per heavy atom. The van der Waals surface area contributed by atoms with Gasteiger partial charge in [0.1, 0.15) is 17.5 Å². The maximum atomic E-state index is 13.4. The molecule has 0 unspecified atom stereocenters.